The highest BCUT2D eigenvalue weighted by Gasteiger charge is 2.21. The molecule has 0 unspecified atom stereocenters. The molecular weight excluding hydrogens is 388 g/mol. The first kappa shape index (κ1) is 19.2. The number of thioether (sulfide) groups is 1. The predicted octanol–water partition coefficient (Wildman–Crippen LogP) is 2.54. The summed E-state index contributed by atoms with van der Waals surface area (Å²) in [6.45, 7) is 0. The van der Waals surface area contributed by atoms with E-state index in [-0.39, 0.29) is 23.0 Å². The smallest absolute Gasteiger partial charge is 0.234 e. The van der Waals surface area contributed by atoms with Gasteiger partial charge in [-0.3, -0.25) is 9.59 Å². The number of amides is 2. The van der Waals surface area contributed by atoms with E-state index in [0.717, 1.165) is 4.90 Å². The fourth-order valence-corrected chi connectivity index (χ4v) is 4.61. The minimum atomic E-state index is -3.67. The molecule has 0 bridgehead atoms. The van der Waals surface area contributed by atoms with Crippen LogP contribution in [0.5, 0.6) is 5.75 Å². The number of para-hydroxylation sites is 2. The molecule has 9 heteroatoms. The standard InChI is InChI=1S/C18H18N2O5S2/c1-25-15-5-3-2-4-13(15)19-17(21)8-9-27(23,24)12-6-7-16-14(10-12)20-18(22)11-26-16/h2-7,10H,8-9,11H2,1H3,(H,19,21)(H,20,22). The first-order chi connectivity index (χ1) is 12.9. The van der Waals surface area contributed by atoms with Crippen LogP contribution in [0.1, 0.15) is 6.42 Å². The Labute approximate surface area is 161 Å². The minimum Gasteiger partial charge on any atom is -0.495 e. The molecular formula is C18H18N2O5S2. The third-order valence-electron chi connectivity index (χ3n) is 3.92. The van der Waals surface area contributed by atoms with Gasteiger partial charge in [0.15, 0.2) is 9.84 Å². The molecule has 3 rings (SSSR count). The van der Waals surface area contributed by atoms with Gasteiger partial charge >= 0.3 is 0 Å². The van der Waals surface area contributed by atoms with Crippen molar-refractivity contribution in [2.45, 2.75) is 16.2 Å². The molecule has 0 saturated carbocycles. The zero-order chi connectivity index (χ0) is 19.4. The third-order valence-corrected chi connectivity index (χ3v) is 6.71. The number of hydrogen-bond donors (Lipinski definition) is 2. The van der Waals surface area contributed by atoms with Crippen LogP contribution in [-0.2, 0) is 19.4 Å². The lowest BCUT2D eigenvalue weighted by molar-refractivity contribution is -0.116. The number of fused-ring (bicyclic) bond motifs is 1. The molecule has 1 heterocycles. The Morgan fingerprint density at radius 1 is 1.26 bits per heavy atom. The van der Waals surface area contributed by atoms with Gasteiger partial charge in [0.05, 0.1) is 34.9 Å². The maximum atomic E-state index is 12.6. The van der Waals surface area contributed by atoms with Gasteiger partial charge in [0.2, 0.25) is 11.8 Å². The number of anilines is 2. The molecule has 7 nitrogen and oxygen atoms in total. The Kier molecular flexibility index (Phi) is 5.71. The van der Waals surface area contributed by atoms with E-state index in [4.69, 9.17) is 4.74 Å². The van der Waals surface area contributed by atoms with Gasteiger partial charge in [0.25, 0.3) is 0 Å². The number of carbonyl (C=O) groups excluding carboxylic acids is 2. The molecule has 0 spiro atoms. The highest BCUT2D eigenvalue weighted by atomic mass is 32.2. The maximum Gasteiger partial charge on any atom is 0.234 e. The maximum absolute atomic E-state index is 12.6. The summed E-state index contributed by atoms with van der Waals surface area (Å²) in [7, 11) is -2.18. The van der Waals surface area contributed by atoms with Crippen LogP contribution >= 0.6 is 11.8 Å². The molecule has 0 aromatic heterocycles. The van der Waals surface area contributed by atoms with Crippen molar-refractivity contribution in [3.8, 4) is 5.75 Å². The lowest BCUT2D eigenvalue weighted by Gasteiger charge is -2.17. The van der Waals surface area contributed by atoms with Gasteiger partial charge in [-0.2, -0.15) is 0 Å². The van der Waals surface area contributed by atoms with Crippen molar-refractivity contribution in [2.75, 3.05) is 29.2 Å². The van der Waals surface area contributed by atoms with Gasteiger partial charge in [-0.1, -0.05) is 12.1 Å². The number of rotatable bonds is 6. The average molecular weight is 406 g/mol. The Hall–Kier alpha value is -2.52. The van der Waals surface area contributed by atoms with Crippen LogP contribution in [0.25, 0.3) is 0 Å². The minimum absolute atomic E-state index is 0.0779. The van der Waals surface area contributed by atoms with Gasteiger partial charge in [0, 0.05) is 11.3 Å². The number of hydrogen-bond acceptors (Lipinski definition) is 6. The van der Waals surface area contributed by atoms with Gasteiger partial charge in [-0.15, -0.1) is 11.8 Å². The van der Waals surface area contributed by atoms with Crippen LogP contribution in [0.15, 0.2) is 52.3 Å². The third kappa shape index (κ3) is 4.61. The van der Waals surface area contributed by atoms with E-state index in [0.29, 0.717) is 22.9 Å². The zero-order valence-corrected chi connectivity index (χ0v) is 16.2. The summed E-state index contributed by atoms with van der Waals surface area (Å²) >= 11 is 1.36. The van der Waals surface area contributed by atoms with Crippen molar-refractivity contribution in [1.29, 1.82) is 0 Å². The summed E-state index contributed by atoms with van der Waals surface area (Å²) in [5.41, 5.74) is 0.965. The van der Waals surface area contributed by atoms with Gasteiger partial charge in [-0.05, 0) is 30.3 Å². The largest absolute Gasteiger partial charge is 0.495 e. The fourth-order valence-electron chi connectivity index (χ4n) is 2.56. The van der Waals surface area contributed by atoms with E-state index in [1.165, 1.54) is 31.0 Å². The van der Waals surface area contributed by atoms with E-state index < -0.39 is 15.7 Å². The lowest BCUT2D eigenvalue weighted by atomic mass is 10.3. The van der Waals surface area contributed by atoms with Crippen LogP contribution in [0, 0.1) is 0 Å². The Bertz CT molecular complexity index is 989. The molecule has 142 valence electrons. The SMILES string of the molecule is COc1ccccc1NC(=O)CCS(=O)(=O)c1ccc2c(c1)NC(=O)CS2. The van der Waals surface area contributed by atoms with Crippen molar-refractivity contribution in [3.05, 3.63) is 42.5 Å². The number of carbonyl (C=O) groups is 2. The van der Waals surface area contributed by atoms with Gasteiger partial charge in [0.1, 0.15) is 5.75 Å². The van der Waals surface area contributed by atoms with E-state index in [1.54, 1.807) is 30.3 Å². The van der Waals surface area contributed by atoms with E-state index in [9.17, 15) is 18.0 Å². The van der Waals surface area contributed by atoms with Crippen molar-refractivity contribution in [2.24, 2.45) is 0 Å². The van der Waals surface area contributed by atoms with Crippen molar-refractivity contribution in [3.63, 3.8) is 0 Å². The van der Waals surface area contributed by atoms with Crippen LogP contribution in [0.4, 0.5) is 11.4 Å². The topological polar surface area (TPSA) is 102 Å². The predicted molar refractivity (Wildman–Crippen MR) is 104 cm³/mol. The number of methoxy groups -OCH3 is 1. The molecule has 0 aliphatic carbocycles. The average Bonchev–Trinajstić information content (AvgIpc) is 2.66. The molecule has 27 heavy (non-hydrogen) atoms. The molecule has 2 aromatic carbocycles. The number of nitrogens with one attached hydrogen (secondary N) is 2. The normalized spacial score (nSPS) is 13.4. The molecule has 0 atom stereocenters. The summed E-state index contributed by atoms with van der Waals surface area (Å²) < 4.78 is 30.3. The van der Waals surface area contributed by atoms with E-state index in [2.05, 4.69) is 10.6 Å². The Morgan fingerprint density at radius 2 is 2.04 bits per heavy atom. The summed E-state index contributed by atoms with van der Waals surface area (Å²) in [6.07, 6.45) is -0.196. The molecule has 1 aliphatic heterocycles. The van der Waals surface area contributed by atoms with Crippen LogP contribution in [0.2, 0.25) is 0 Å². The lowest BCUT2D eigenvalue weighted by Crippen LogP contribution is -2.20. The van der Waals surface area contributed by atoms with Crippen molar-refractivity contribution in [1.82, 2.24) is 0 Å². The molecule has 2 N–H and O–H groups in total. The summed E-state index contributed by atoms with van der Waals surface area (Å²) in [4.78, 5) is 24.5. The first-order valence-electron chi connectivity index (χ1n) is 8.11. The summed E-state index contributed by atoms with van der Waals surface area (Å²) in [5, 5.41) is 5.32. The second kappa shape index (κ2) is 8.01. The van der Waals surface area contributed by atoms with Gasteiger partial charge < -0.3 is 15.4 Å². The summed E-state index contributed by atoms with van der Waals surface area (Å²) in [6, 6.07) is 11.5. The Morgan fingerprint density at radius 3 is 2.81 bits per heavy atom. The Balaban J connectivity index is 1.67. The quantitative estimate of drug-likeness (QED) is 0.764. The molecule has 2 amide bonds. The van der Waals surface area contributed by atoms with Crippen molar-refractivity contribution < 1.29 is 22.7 Å². The molecule has 0 fully saturated rings. The second-order valence-electron chi connectivity index (χ2n) is 5.81. The molecule has 0 radical (unpaired) electrons. The summed E-state index contributed by atoms with van der Waals surface area (Å²) in [5.74, 6) is -0.129. The van der Waals surface area contributed by atoms with Crippen LogP contribution in [-0.4, -0.2) is 38.8 Å². The second-order valence-corrected chi connectivity index (χ2v) is 8.94. The molecule has 1 aliphatic rings. The first-order valence-corrected chi connectivity index (χ1v) is 10.7. The molecule has 0 saturated heterocycles. The highest BCUT2D eigenvalue weighted by molar-refractivity contribution is 8.00. The van der Waals surface area contributed by atoms with Gasteiger partial charge in [-0.25, -0.2) is 8.42 Å². The number of benzene rings is 2. The van der Waals surface area contributed by atoms with E-state index >= 15 is 0 Å². The monoisotopic (exact) mass is 406 g/mol. The fraction of sp³-hybridized carbons (Fsp3) is 0.222. The number of ether oxygens (including phenoxy) is 1. The van der Waals surface area contributed by atoms with Crippen LogP contribution < -0.4 is 15.4 Å². The van der Waals surface area contributed by atoms with E-state index in [1.807, 2.05) is 0 Å². The van der Waals surface area contributed by atoms with Crippen molar-refractivity contribution >= 4 is 44.8 Å². The molecule has 2 aromatic rings. The number of sulfone groups is 1. The zero-order valence-electron chi connectivity index (χ0n) is 14.5. The van der Waals surface area contributed by atoms with Crippen LogP contribution in [0.3, 0.4) is 0 Å². The highest BCUT2D eigenvalue weighted by Crippen LogP contribution is 2.33.